The van der Waals surface area contributed by atoms with Crippen molar-refractivity contribution in [2.45, 2.75) is 17.7 Å². The average Bonchev–Trinajstić information content (AvgIpc) is 2.44. The molecule has 0 aliphatic carbocycles. The van der Waals surface area contributed by atoms with Gasteiger partial charge in [0.25, 0.3) is 0 Å². The molecule has 0 saturated carbocycles. The lowest BCUT2D eigenvalue weighted by Gasteiger charge is -2.09. The van der Waals surface area contributed by atoms with E-state index in [-0.39, 0.29) is 4.90 Å². The molecule has 0 fully saturated rings. The first-order valence-corrected chi connectivity index (χ1v) is 8.39. The number of nitrogens with zero attached hydrogens (tertiary/aromatic N) is 1. The average molecular weight is 290 g/mol. The molecule has 106 valence electrons. The Kier molecular flexibility index (Phi) is 4.74. The van der Waals surface area contributed by atoms with Crippen molar-refractivity contribution >= 4 is 15.7 Å². The molecule has 20 heavy (non-hydrogen) atoms. The van der Waals surface area contributed by atoms with Crippen molar-refractivity contribution < 1.29 is 8.42 Å². The zero-order valence-electron chi connectivity index (χ0n) is 11.4. The first kappa shape index (κ1) is 14.5. The fraction of sp³-hybridized carbons (Fsp3) is 0.267. The van der Waals surface area contributed by atoms with E-state index in [1.807, 2.05) is 18.2 Å². The molecule has 1 N–H and O–H groups in total. The van der Waals surface area contributed by atoms with E-state index in [2.05, 4.69) is 22.4 Å². The van der Waals surface area contributed by atoms with E-state index in [1.165, 1.54) is 11.8 Å². The number of hydrogen-bond donors (Lipinski definition) is 1. The van der Waals surface area contributed by atoms with Gasteiger partial charge in [0.1, 0.15) is 10.7 Å². The Morgan fingerprint density at radius 2 is 1.85 bits per heavy atom. The van der Waals surface area contributed by atoms with Crippen molar-refractivity contribution in [1.82, 2.24) is 4.98 Å². The highest BCUT2D eigenvalue weighted by atomic mass is 32.2. The van der Waals surface area contributed by atoms with Crippen molar-refractivity contribution in [3.8, 4) is 0 Å². The van der Waals surface area contributed by atoms with Gasteiger partial charge in [-0.2, -0.15) is 0 Å². The van der Waals surface area contributed by atoms with Crippen LogP contribution in [0.4, 0.5) is 5.82 Å². The Morgan fingerprint density at radius 1 is 1.10 bits per heavy atom. The number of pyridine rings is 1. The van der Waals surface area contributed by atoms with Crippen LogP contribution < -0.4 is 5.32 Å². The van der Waals surface area contributed by atoms with Gasteiger partial charge in [0.2, 0.25) is 0 Å². The molecule has 1 aromatic carbocycles. The highest BCUT2D eigenvalue weighted by Gasteiger charge is 2.13. The molecule has 0 unspecified atom stereocenters. The largest absolute Gasteiger partial charge is 0.369 e. The van der Waals surface area contributed by atoms with Crippen LogP contribution in [0.5, 0.6) is 0 Å². The van der Waals surface area contributed by atoms with E-state index < -0.39 is 9.84 Å². The number of nitrogens with one attached hydrogen (secondary N) is 1. The summed E-state index contributed by atoms with van der Waals surface area (Å²) in [5.41, 5.74) is 1.28. The van der Waals surface area contributed by atoms with Crippen molar-refractivity contribution in [2.75, 3.05) is 18.1 Å². The number of benzene rings is 1. The van der Waals surface area contributed by atoms with Crippen LogP contribution in [0.1, 0.15) is 12.0 Å². The summed E-state index contributed by atoms with van der Waals surface area (Å²) in [5, 5.41) is 3.10. The van der Waals surface area contributed by atoms with Crippen molar-refractivity contribution in [3.63, 3.8) is 0 Å². The van der Waals surface area contributed by atoms with Crippen LogP contribution >= 0.6 is 0 Å². The lowest BCUT2D eigenvalue weighted by Crippen LogP contribution is -2.09. The second-order valence-corrected chi connectivity index (χ2v) is 6.62. The van der Waals surface area contributed by atoms with E-state index in [0.717, 1.165) is 12.8 Å². The maximum atomic E-state index is 11.6. The normalized spacial score (nSPS) is 11.2. The van der Waals surface area contributed by atoms with Gasteiger partial charge >= 0.3 is 0 Å². The summed E-state index contributed by atoms with van der Waals surface area (Å²) in [5.74, 6) is 0.433. The molecule has 0 bridgehead atoms. The number of sulfone groups is 1. The summed E-state index contributed by atoms with van der Waals surface area (Å²) >= 11 is 0. The lowest BCUT2D eigenvalue weighted by molar-refractivity contribution is 0.601. The third kappa shape index (κ3) is 4.06. The Morgan fingerprint density at radius 3 is 2.55 bits per heavy atom. The number of hydrogen-bond acceptors (Lipinski definition) is 4. The SMILES string of the molecule is CS(=O)(=O)c1cccnc1NCCCc1ccccc1. The van der Waals surface area contributed by atoms with Crippen LogP contribution in [0.15, 0.2) is 53.6 Å². The van der Waals surface area contributed by atoms with E-state index >= 15 is 0 Å². The second kappa shape index (κ2) is 6.52. The van der Waals surface area contributed by atoms with Crippen LogP contribution in [0, 0.1) is 0 Å². The van der Waals surface area contributed by atoms with E-state index in [0.29, 0.717) is 12.4 Å². The molecule has 0 atom stereocenters. The standard InChI is InChI=1S/C15H18N2O2S/c1-20(18,19)14-10-6-12-17-15(14)16-11-5-9-13-7-3-2-4-8-13/h2-4,6-8,10,12H,5,9,11H2,1H3,(H,16,17). The van der Waals surface area contributed by atoms with E-state index in [1.54, 1.807) is 18.3 Å². The quantitative estimate of drug-likeness (QED) is 0.831. The fourth-order valence-electron chi connectivity index (χ4n) is 1.97. The minimum Gasteiger partial charge on any atom is -0.369 e. The molecule has 1 heterocycles. The van der Waals surface area contributed by atoms with E-state index in [4.69, 9.17) is 0 Å². The second-order valence-electron chi connectivity index (χ2n) is 4.64. The third-order valence-corrected chi connectivity index (χ3v) is 4.08. The van der Waals surface area contributed by atoms with Gasteiger partial charge in [-0.05, 0) is 30.5 Å². The van der Waals surface area contributed by atoms with Crippen LogP contribution in [0.25, 0.3) is 0 Å². The maximum Gasteiger partial charge on any atom is 0.179 e. The summed E-state index contributed by atoms with van der Waals surface area (Å²) in [6, 6.07) is 13.4. The van der Waals surface area contributed by atoms with Crippen LogP contribution in [-0.2, 0) is 16.3 Å². The molecule has 0 aliphatic heterocycles. The van der Waals surface area contributed by atoms with Crippen LogP contribution in [-0.4, -0.2) is 26.2 Å². The van der Waals surface area contributed by atoms with Gasteiger partial charge in [-0.1, -0.05) is 30.3 Å². The summed E-state index contributed by atoms with van der Waals surface area (Å²) < 4.78 is 23.3. The Hall–Kier alpha value is -1.88. The number of rotatable bonds is 6. The third-order valence-electron chi connectivity index (χ3n) is 2.95. The zero-order chi connectivity index (χ0) is 14.4. The molecule has 0 aliphatic rings. The zero-order valence-corrected chi connectivity index (χ0v) is 12.2. The summed E-state index contributed by atoms with van der Waals surface area (Å²) in [6.07, 6.45) is 4.66. The molecule has 0 amide bonds. The summed E-state index contributed by atoms with van der Waals surface area (Å²) in [4.78, 5) is 4.35. The first-order chi connectivity index (χ1) is 9.57. The number of aryl methyl sites for hydroxylation is 1. The molecule has 5 heteroatoms. The van der Waals surface area contributed by atoms with Crippen molar-refractivity contribution in [3.05, 3.63) is 54.2 Å². The molecule has 0 radical (unpaired) electrons. The van der Waals surface area contributed by atoms with Crippen molar-refractivity contribution in [2.24, 2.45) is 0 Å². The molecule has 0 spiro atoms. The lowest BCUT2D eigenvalue weighted by atomic mass is 10.1. The smallest absolute Gasteiger partial charge is 0.179 e. The predicted molar refractivity (Wildman–Crippen MR) is 80.6 cm³/mol. The first-order valence-electron chi connectivity index (χ1n) is 6.50. The van der Waals surface area contributed by atoms with Gasteiger partial charge in [-0.15, -0.1) is 0 Å². The Labute approximate surface area is 119 Å². The Bertz CT molecular complexity index is 655. The van der Waals surface area contributed by atoms with E-state index in [9.17, 15) is 8.42 Å². The van der Waals surface area contributed by atoms with Gasteiger partial charge in [0.15, 0.2) is 9.84 Å². The molecule has 0 saturated heterocycles. The minimum absolute atomic E-state index is 0.250. The number of aromatic nitrogens is 1. The molecular weight excluding hydrogens is 272 g/mol. The highest BCUT2D eigenvalue weighted by Crippen LogP contribution is 2.17. The van der Waals surface area contributed by atoms with Gasteiger partial charge in [-0.3, -0.25) is 0 Å². The van der Waals surface area contributed by atoms with Gasteiger partial charge < -0.3 is 5.32 Å². The summed E-state index contributed by atoms with van der Waals surface area (Å²) in [7, 11) is -3.25. The van der Waals surface area contributed by atoms with Crippen molar-refractivity contribution in [1.29, 1.82) is 0 Å². The van der Waals surface area contributed by atoms with Gasteiger partial charge in [0, 0.05) is 19.0 Å². The number of anilines is 1. The van der Waals surface area contributed by atoms with Crippen LogP contribution in [0.2, 0.25) is 0 Å². The Balaban J connectivity index is 1.92. The molecule has 2 rings (SSSR count). The molecule has 4 nitrogen and oxygen atoms in total. The minimum atomic E-state index is -3.25. The molecule has 2 aromatic rings. The fourth-order valence-corrected chi connectivity index (χ4v) is 2.77. The summed E-state index contributed by atoms with van der Waals surface area (Å²) in [6.45, 7) is 0.689. The monoisotopic (exact) mass is 290 g/mol. The molecule has 1 aromatic heterocycles. The van der Waals surface area contributed by atoms with Gasteiger partial charge in [0.05, 0.1) is 0 Å². The highest BCUT2D eigenvalue weighted by molar-refractivity contribution is 7.90. The predicted octanol–water partition coefficient (Wildman–Crippen LogP) is 2.53. The maximum absolute atomic E-state index is 11.6. The van der Waals surface area contributed by atoms with Crippen LogP contribution in [0.3, 0.4) is 0 Å². The topological polar surface area (TPSA) is 59.1 Å². The van der Waals surface area contributed by atoms with Gasteiger partial charge in [-0.25, -0.2) is 13.4 Å². The molecular formula is C15H18N2O2S.